The van der Waals surface area contributed by atoms with Crippen LogP contribution in [0.4, 0.5) is 11.4 Å². The summed E-state index contributed by atoms with van der Waals surface area (Å²) in [6.45, 7) is 9.77. The zero-order valence-electron chi connectivity index (χ0n) is 13.6. The third-order valence-corrected chi connectivity index (χ3v) is 4.71. The molecule has 2 rings (SSSR count). The molecule has 4 nitrogen and oxygen atoms in total. The van der Waals surface area contributed by atoms with E-state index >= 15 is 0 Å². The van der Waals surface area contributed by atoms with Gasteiger partial charge >= 0.3 is 5.97 Å². The molecule has 1 aliphatic heterocycles. The predicted octanol–water partition coefficient (Wildman–Crippen LogP) is 3.23. The van der Waals surface area contributed by atoms with E-state index in [0.29, 0.717) is 29.1 Å². The van der Waals surface area contributed by atoms with E-state index in [4.69, 9.17) is 10.5 Å². The van der Waals surface area contributed by atoms with Gasteiger partial charge in [-0.15, -0.1) is 0 Å². The molecule has 0 aromatic heterocycles. The summed E-state index contributed by atoms with van der Waals surface area (Å²) in [6, 6.07) is 4.40. The Kier molecular flexibility index (Phi) is 4.45. The van der Waals surface area contributed by atoms with Gasteiger partial charge in [-0.2, -0.15) is 0 Å². The normalized spacial score (nSPS) is 25.8. The number of nitrogens with two attached hydrogens (primary N) is 1. The Morgan fingerprint density at radius 2 is 2.00 bits per heavy atom. The molecule has 4 heteroatoms. The van der Waals surface area contributed by atoms with Crippen molar-refractivity contribution in [1.29, 1.82) is 0 Å². The van der Waals surface area contributed by atoms with Gasteiger partial charge in [0.25, 0.3) is 0 Å². The minimum Gasteiger partial charge on any atom is -0.465 e. The van der Waals surface area contributed by atoms with Gasteiger partial charge in [-0.25, -0.2) is 4.79 Å². The molecule has 1 saturated heterocycles. The molecule has 0 saturated carbocycles. The Labute approximate surface area is 127 Å². The van der Waals surface area contributed by atoms with Gasteiger partial charge in [0, 0.05) is 24.0 Å². The van der Waals surface area contributed by atoms with Crippen LogP contribution in [0.5, 0.6) is 0 Å². The number of methoxy groups -OCH3 is 1. The molecule has 0 radical (unpaired) electrons. The summed E-state index contributed by atoms with van der Waals surface area (Å²) in [5, 5.41) is 0. The standard InChI is InChI=1S/C17H26N2O2/c1-10-6-11(2)13(4)19(9-10)14-7-12(3)16(18)15(8-14)17(20)21-5/h7-8,10-11,13H,6,9,18H2,1-5H3. The topological polar surface area (TPSA) is 55.6 Å². The highest BCUT2D eigenvalue weighted by atomic mass is 16.5. The van der Waals surface area contributed by atoms with Crippen LogP contribution in [0.3, 0.4) is 0 Å². The highest BCUT2D eigenvalue weighted by Crippen LogP contribution is 2.34. The highest BCUT2D eigenvalue weighted by molar-refractivity contribution is 5.97. The van der Waals surface area contributed by atoms with Crippen LogP contribution in [0.1, 0.15) is 43.1 Å². The van der Waals surface area contributed by atoms with Gasteiger partial charge in [0.15, 0.2) is 0 Å². The number of nitrogens with zero attached hydrogens (tertiary/aromatic N) is 1. The van der Waals surface area contributed by atoms with Crippen LogP contribution in [-0.2, 0) is 4.74 Å². The molecule has 116 valence electrons. The molecule has 21 heavy (non-hydrogen) atoms. The van der Waals surface area contributed by atoms with Gasteiger partial charge in [-0.05, 0) is 49.8 Å². The molecular weight excluding hydrogens is 264 g/mol. The second kappa shape index (κ2) is 5.96. The van der Waals surface area contributed by atoms with Gasteiger partial charge < -0.3 is 15.4 Å². The fraction of sp³-hybridized carbons (Fsp3) is 0.588. The van der Waals surface area contributed by atoms with Crippen molar-refractivity contribution in [1.82, 2.24) is 0 Å². The second-order valence-corrected chi connectivity index (χ2v) is 6.43. The number of hydrogen-bond acceptors (Lipinski definition) is 4. The summed E-state index contributed by atoms with van der Waals surface area (Å²) >= 11 is 0. The minimum absolute atomic E-state index is 0.372. The maximum atomic E-state index is 11.9. The lowest BCUT2D eigenvalue weighted by molar-refractivity contribution is 0.0602. The number of anilines is 2. The van der Waals surface area contributed by atoms with E-state index in [1.807, 2.05) is 13.0 Å². The lowest BCUT2D eigenvalue weighted by Crippen LogP contribution is -2.46. The maximum Gasteiger partial charge on any atom is 0.340 e. The smallest absolute Gasteiger partial charge is 0.340 e. The number of piperidine rings is 1. The fourth-order valence-corrected chi connectivity index (χ4v) is 3.28. The quantitative estimate of drug-likeness (QED) is 0.671. The van der Waals surface area contributed by atoms with Gasteiger partial charge in [0.05, 0.1) is 12.7 Å². The van der Waals surface area contributed by atoms with E-state index in [9.17, 15) is 4.79 Å². The van der Waals surface area contributed by atoms with Crippen molar-refractivity contribution in [3.8, 4) is 0 Å². The number of carbonyl (C=O) groups excluding carboxylic acids is 1. The molecule has 1 fully saturated rings. The summed E-state index contributed by atoms with van der Waals surface area (Å²) in [7, 11) is 1.39. The molecule has 1 heterocycles. The van der Waals surface area contributed by atoms with E-state index in [0.717, 1.165) is 17.8 Å². The average molecular weight is 290 g/mol. The first kappa shape index (κ1) is 15.7. The van der Waals surface area contributed by atoms with Gasteiger partial charge in [0.1, 0.15) is 0 Å². The Balaban J connectivity index is 2.44. The summed E-state index contributed by atoms with van der Waals surface area (Å²) in [5.74, 6) is 0.909. The summed E-state index contributed by atoms with van der Waals surface area (Å²) in [5.41, 5.74) is 8.99. The van der Waals surface area contributed by atoms with Crippen LogP contribution in [0.25, 0.3) is 0 Å². The lowest BCUT2D eigenvalue weighted by atomic mass is 9.85. The van der Waals surface area contributed by atoms with E-state index in [2.05, 4.69) is 31.7 Å². The van der Waals surface area contributed by atoms with Gasteiger partial charge in [0.2, 0.25) is 0 Å². The van der Waals surface area contributed by atoms with Crippen LogP contribution in [0.15, 0.2) is 12.1 Å². The maximum absolute atomic E-state index is 11.9. The predicted molar refractivity (Wildman–Crippen MR) is 86.7 cm³/mol. The first-order valence-corrected chi connectivity index (χ1v) is 7.60. The highest BCUT2D eigenvalue weighted by Gasteiger charge is 2.29. The molecule has 0 bridgehead atoms. The van der Waals surface area contributed by atoms with Gasteiger partial charge in [-0.3, -0.25) is 0 Å². The van der Waals surface area contributed by atoms with E-state index in [1.165, 1.54) is 13.5 Å². The molecule has 1 aromatic rings. The largest absolute Gasteiger partial charge is 0.465 e. The van der Waals surface area contributed by atoms with Crippen LogP contribution < -0.4 is 10.6 Å². The van der Waals surface area contributed by atoms with Crippen LogP contribution in [0, 0.1) is 18.8 Å². The number of rotatable bonds is 2. The van der Waals surface area contributed by atoms with Crippen LogP contribution in [-0.4, -0.2) is 25.7 Å². The minimum atomic E-state index is -0.372. The first-order chi connectivity index (χ1) is 9.85. The van der Waals surface area contributed by atoms with Crippen LogP contribution in [0.2, 0.25) is 0 Å². The van der Waals surface area contributed by atoms with E-state index in [1.54, 1.807) is 0 Å². The Hall–Kier alpha value is -1.71. The zero-order valence-corrected chi connectivity index (χ0v) is 13.6. The summed E-state index contributed by atoms with van der Waals surface area (Å²) in [4.78, 5) is 14.3. The van der Waals surface area contributed by atoms with Crippen molar-refractivity contribution in [2.45, 2.75) is 40.2 Å². The number of ether oxygens (including phenoxy) is 1. The van der Waals surface area contributed by atoms with Crippen molar-refractivity contribution in [2.24, 2.45) is 11.8 Å². The SMILES string of the molecule is COC(=O)c1cc(N2CC(C)CC(C)C2C)cc(C)c1N. The van der Waals surface area contributed by atoms with E-state index < -0.39 is 0 Å². The second-order valence-electron chi connectivity index (χ2n) is 6.43. The molecule has 3 unspecified atom stereocenters. The zero-order chi connectivity index (χ0) is 15.7. The first-order valence-electron chi connectivity index (χ1n) is 7.60. The number of hydrogen-bond donors (Lipinski definition) is 1. The third-order valence-electron chi connectivity index (χ3n) is 4.71. The summed E-state index contributed by atoms with van der Waals surface area (Å²) in [6.07, 6.45) is 1.25. The molecule has 1 aromatic carbocycles. The molecule has 0 spiro atoms. The molecule has 2 N–H and O–H groups in total. The molecule has 0 amide bonds. The molecule has 1 aliphatic rings. The Morgan fingerprint density at radius 1 is 1.33 bits per heavy atom. The fourth-order valence-electron chi connectivity index (χ4n) is 3.28. The van der Waals surface area contributed by atoms with Crippen LogP contribution >= 0.6 is 0 Å². The average Bonchev–Trinajstić information content (AvgIpc) is 2.44. The number of nitrogen functional groups attached to an aromatic ring is 1. The van der Waals surface area contributed by atoms with E-state index in [-0.39, 0.29) is 5.97 Å². The number of carbonyl (C=O) groups is 1. The molecule has 0 aliphatic carbocycles. The number of benzene rings is 1. The lowest BCUT2D eigenvalue weighted by Gasteiger charge is -2.43. The monoisotopic (exact) mass is 290 g/mol. The number of esters is 1. The van der Waals surface area contributed by atoms with Crippen molar-refractivity contribution in [3.05, 3.63) is 23.3 Å². The molecule has 3 atom stereocenters. The molecular formula is C17H26N2O2. The third kappa shape index (κ3) is 2.99. The summed E-state index contributed by atoms with van der Waals surface area (Å²) < 4.78 is 4.85. The van der Waals surface area contributed by atoms with Gasteiger partial charge in [-0.1, -0.05) is 13.8 Å². The number of aryl methyl sites for hydroxylation is 1. The van der Waals surface area contributed by atoms with Crippen molar-refractivity contribution in [2.75, 3.05) is 24.3 Å². The Morgan fingerprint density at radius 3 is 2.62 bits per heavy atom. The van der Waals surface area contributed by atoms with Crippen molar-refractivity contribution >= 4 is 17.3 Å². The Bertz CT molecular complexity index is 542. The van der Waals surface area contributed by atoms with Crippen molar-refractivity contribution in [3.63, 3.8) is 0 Å². The van der Waals surface area contributed by atoms with Crippen molar-refractivity contribution < 1.29 is 9.53 Å².